The van der Waals surface area contributed by atoms with Gasteiger partial charge < -0.3 is 10.4 Å². The highest BCUT2D eigenvalue weighted by atomic mass is 19.1. The molecular formula is C13H17FN4O. The predicted octanol–water partition coefficient (Wildman–Crippen LogP) is 0.742. The van der Waals surface area contributed by atoms with Crippen LogP contribution in [0.3, 0.4) is 0 Å². The lowest BCUT2D eigenvalue weighted by Gasteiger charge is -2.02. The van der Waals surface area contributed by atoms with Crippen LogP contribution in [0, 0.1) is 5.82 Å². The van der Waals surface area contributed by atoms with Crippen molar-refractivity contribution in [1.29, 1.82) is 0 Å². The third kappa shape index (κ3) is 4.42. The first-order valence-electron chi connectivity index (χ1n) is 6.23. The van der Waals surface area contributed by atoms with Crippen molar-refractivity contribution in [2.45, 2.75) is 19.5 Å². The van der Waals surface area contributed by atoms with E-state index in [2.05, 4.69) is 15.6 Å². The zero-order valence-corrected chi connectivity index (χ0v) is 10.6. The van der Waals surface area contributed by atoms with Gasteiger partial charge in [-0.05, 0) is 30.7 Å². The molecule has 0 saturated heterocycles. The fourth-order valence-corrected chi connectivity index (χ4v) is 1.73. The van der Waals surface area contributed by atoms with Crippen LogP contribution in [-0.4, -0.2) is 33.3 Å². The molecule has 1 aromatic carbocycles. The maximum atomic E-state index is 12.7. The molecule has 0 atom stereocenters. The van der Waals surface area contributed by atoms with E-state index in [1.165, 1.54) is 12.1 Å². The Morgan fingerprint density at radius 2 is 2.05 bits per heavy atom. The third-order valence-corrected chi connectivity index (χ3v) is 2.73. The fraction of sp³-hybridized carbons (Fsp3) is 0.385. The summed E-state index contributed by atoms with van der Waals surface area (Å²) in [6.07, 6.45) is 2.65. The van der Waals surface area contributed by atoms with Gasteiger partial charge in [0.25, 0.3) is 0 Å². The van der Waals surface area contributed by atoms with Crippen molar-refractivity contribution in [3.8, 4) is 0 Å². The molecule has 0 aliphatic heterocycles. The molecule has 0 bridgehead atoms. The van der Waals surface area contributed by atoms with Gasteiger partial charge in [-0.25, -0.2) is 9.07 Å². The van der Waals surface area contributed by atoms with Crippen molar-refractivity contribution in [2.75, 3.05) is 13.2 Å². The van der Waals surface area contributed by atoms with E-state index in [9.17, 15) is 4.39 Å². The number of nitrogens with one attached hydrogen (secondary N) is 1. The van der Waals surface area contributed by atoms with Crippen LogP contribution in [0.5, 0.6) is 0 Å². The number of rotatable bonds is 7. The molecule has 1 aromatic heterocycles. The lowest BCUT2D eigenvalue weighted by molar-refractivity contribution is 0.268. The zero-order chi connectivity index (χ0) is 13.5. The summed E-state index contributed by atoms with van der Waals surface area (Å²) in [5, 5.41) is 19.9. The first kappa shape index (κ1) is 13.6. The summed E-state index contributed by atoms with van der Waals surface area (Å²) in [6, 6.07) is 6.51. The molecule has 19 heavy (non-hydrogen) atoms. The van der Waals surface area contributed by atoms with E-state index in [0.29, 0.717) is 13.1 Å². The zero-order valence-electron chi connectivity index (χ0n) is 10.6. The summed E-state index contributed by atoms with van der Waals surface area (Å²) in [5.41, 5.74) is 1.94. The molecule has 2 aromatic rings. The van der Waals surface area contributed by atoms with Crippen LogP contribution in [0.25, 0.3) is 0 Å². The number of nitrogens with zero attached hydrogens (tertiary/aromatic N) is 3. The Hall–Kier alpha value is -1.79. The number of hydrogen-bond donors (Lipinski definition) is 2. The van der Waals surface area contributed by atoms with Gasteiger partial charge in [-0.2, -0.15) is 0 Å². The average Bonchev–Trinajstić information content (AvgIpc) is 2.85. The number of halogens is 1. The Bertz CT molecular complexity index is 498. The van der Waals surface area contributed by atoms with E-state index in [0.717, 1.165) is 24.2 Å². The number of aliphatic hydroxyl groups excluding tert-OH is 1. The predicted molar refractivity (Wildman–Crippen MR) is 68.9 cm³/mol. The molecule has 2 N–H and O–H groups in total. The Balaban J connectivity index is 1.69. The Morgan fingerprint density at radius 1 is 1.26 bits per heavy atom. The molecule has 2 rings (SSSR count). The third-order valence-electron chi connectivity index (χ3n) is 2.73. The highest BCUT2D eigenvalue weighted by molar-refractivity contribution is 5.16. The summed E-state index contributed by atoms with van der Waals surface area (Å²) < 4.78 is 14.3. The van der Waals surface area contributed by atoms with E-state index in [4.69, 9.17) is 5.11 Å². The summed E-state index contributed by atoms with van der Waals surface area (Å²) >= 11 is 0. The van der Waals surface area contributed by atoms with Gasteiger partial charge >= 0.3 is 0 Å². The van der Waals surface area contributed by atoms with Crippen molar-refractivity contribution in [1.82, 2.24) is 20.3 Å². The van der Waals surface area contributed by atoms with Crippen molar-refractivity contribution in [3.05, 3.63) is 47.5 Å². The van der Waals surface area contributed by atoms with E-state index in [1.807, 2.05) is 0 Å². The van der Waals surface area contributed by atoms with Crippen LogP contribution in [0.2, 0.25) is 0 Å². The normalized spacial score (nSPS) is 10.8. The summed E-state index contributed by atoms with van der Waals surface area (Å²) in [6.45, 7) is 1.94. The molecule has 102 valence electrons. The van der Waals surface area contributed by atoms with Gasteiger partial charge in [0.15, 0.2) is 0 Å². The molecule has 0 unspecified atom stereocenters. The van der Waals surface area contributed by atoms with Gasteiger partial charge in [-0.1, -0.05) is 17.3 Å². The minimum atomic E-state index is -0.211. The molecular weight excluding hydrogens is 247 g/mol. The smallest absolute Gasteiger partial charge is 0.123 e. The summed E-state index contributed by atoms with van der Waals surface area (Å²) in [5.74, 6) is -0.211. The van der Waals surface area contributed by atoms with E-state index in [1.54, 1.807) is 23.0 Å². The molecule has 0 radical (unpaired) electrons. The molecule has 0 amide bonds. The number of aliphatic hydroxyl groups is 1. The second kappa shape index (κ2) is 6.96. The van der Waals surface area contributed by atoms with Gasteiger partial charge in [0, 0.05) is 12.7 Å². The molecule has 1 heterocycles. The van der Waals surface area contributed by atoms with Crippen molar-refractivity contribution in [3.63, 3.8) is 0 Å². The van der Waals surface area contributed by atoms with Crippen LogP contribution in [0.4, 0.5) is 4.39 Å². The highest BCUT2D eigenvalue weighted by Crippen LogP contribution is 2.02. The molecule has 0 fully saturated rings. The first-order chi connectivity index (χ1) is 9.28. The van der Waals surface area contributed by atoms with Crippen LogP contribution in [-0.2, 0) is 19.5 Å². The van der Waals surface area contributed by atoms with Gasteiger partial charge in [0.2, 0.25) is 0 Å². The van der Waals surface area contributed by atoms with Crippen molar-refractivity contribution in [2.24, 2.45) is 0 Å². The number of aromatic nitrogens is 3. The Morgan fingerprint density at radius 3 is 2.79 bits per heavy atom. The topological polar surface area (TPSA) is 63.0 Å². The second-order valence-electron chi connectivity index (χ2n) is 4.25. The molecule has 0 spiro atoms. The maximum absolute atomic E-state index is 12.7. The van der Waals surface area contributed by atoms with Gasteiger partial charge in [0.1, 0.15) is 5.82 Å². The summed E-state index contributed by atoms with van der Waals surface area (Å²) in [4.78, 5) is 0. The van der Waals surface area contributed by atoms with Gasteiger partial charge in [-0.15, -0.1) is 5.10 Å². The quantitative estimate of drug-likeness (QED) is 0.724. The van der Waals surface area contributed by atoms with E-state index < -0.39 is 0 Å². The largest absolute Gasteiger partial charge is 0.394 e. The van der Waals surface area contributed by atoms with Crippen molar-refractivity contribution >= 4 is 0 Å². The van der Waals surface area contributed by atoms with Crippen LogP contribution in [0.15, 0.2) is 30.5 Å². The maximum Gasteiger partial charge on any atom is 0.123 e. The molecule has 5 nitrogen and oxygen atoms in total. The van der Waals surface area contributed by atoms with Crippen LogP contribution in [0.1, 0.15) is 11.3 Å². The monoisotopic (exact) mass is 264 g/mol. The second-order valence-corrected chi connectivity index (χ2v) is 4.25. The minimum absolute atomic E-state index is 0.0563. The molecule has 6 heteroatoms. The van der Waals surface area contributed by atoms with Crippen LogP contribution >= 0.6 is 0 Å². The van der Waals surface area contributed by atoms with Crippen molar-refractivity contribution < 1.29 is 9.50 Å². The standard InChI is InChI=1S/C13H17FN4O/c14-12-3-1-11(2-4-12)5-6-15-9-13-10-18(7-8-19)17-16-13/h1-4,10,15,19H,5-9H2. The number of benzene rings is 1. The Kier molecular flexibility index (Phi) is 5.00. The molecule has 0 aliphatic rings. The minimum Gasteiger partial charge on any atom is -0.394 e. The lowest BCUT2D eigenvalue weighted by atomic mass is 10.1. The fourth-order valence-electron chi connectivity index (χ4n) is 1.73. The molecule has 0 saturated carbocycles. The first-order valence-corrected chi connectivity index (χ1v) is 6.23. The van der Waals surface area contributed by atoms with Gasteiger partial charge in [-0.3, -0.25) is 0 Å². The van der Waals surface area contributed by atoms with E-state index >= 15 is 0 Å². The average molecular weight is 264 g/mol. The Labute approximate surface area is 111 Å². The summed E-state index contributed by atoms with van der Waals surface area (Å²) in [7, 11) is 0. The van der Waals surface area contributed by atoms with Gasteiger partial charge in [0.05, 0.1) is 18.8 Å². The van der Waals surface area contributed by atoms with E-state index in [-0.39, 0.29) is 12.4 Å². The molecule has 0 aliphatic carbocycles. The SMILES string of the molecule is OCCn1cc(CNCCc2ccc(F)cc2)nn1. The number of hydrogen-bond acceptors (Lipinski definition) is 4. The lowest BCUT2D eigenvalue weighted by Crippen LogP contribution is -2.16. The van der Waals surface area contributed by atoms with Crippen LogP contribution < -0.4 is 5.32 Å². The highest BCUT2D eigenvalue weighted by Gasteiger charge is 2.00.